The van der Waals surface area contributed by atoms with Gasteiger partial charge in [-0.1, -0.05) is 18.2 Å². The molecule has 0 saturated carbocycles. The van der Waals surface area contributed by atoms with Crippen molar-refractivity contribution in [3.8, 4) is 0 Å². The van der Waals surface area contributed by atoms with E-state index in [4.69, 9.17) is 0 Å². The van der Waals surface area contributed by atoms with Crippen LogP contribution >= 0.6 is 0 Å². The Labute approximate surface area is 149 Å². The Kier molecular flexibility index (Phi) is 4.34. The molecule has 6 nitrogen and oxygen atoms in total. The number of halogens is 1. The van der Waals surface area contributed by atoms with Gasteiger partial charge in [-0.25, -0.2) is 4.39 Å². The quantitative estimate of drug-likeness (QED) is 0.747. The van der Waals surface area contributed by atoms with E-state index in [9.17, 15) is 19.1 Å². The number of carbonyl (C=O) groups is 1. The summed E-state index contributed by atoms with van der Waals surface area (Å²) in [5, 5.41) is 16.1. The molecule has 26 heavy (non-hydrogen) atoms. The van der Waals surface area contributed by atoms with Gasteiger partial charge in [0, 0.05) is 43.4 Å². The maximum absolute atomic E-state index is 13.0. The second-order valence-electron chi connectivity index (χ2n) is 6.87. The number of hydrogen-bond donors (Lipinski definition) is 3. The molecule has 136 valence electrons. The third kappa shape index (κ3) is 2.83. The van der Waals surface area contributed by atoms with Gasteiger partial charge >= 0.3 is 0 Å². The highest BCUT2D eigenvalue weighted by molar-refractivity contribution is 5.80. The van der Waals surface area contributed by atoms with Crippen LogP contribution in [0.5, 0.6) is 0 Å². The number of rotatable bonds is 4. The first-order valence-corrected chi connectivity index (χ1v) is 8.67. The normalized spacial score (nSPS) is 26.4. The Hall–Kier alpha value is -2.51. The summed E-state index contributed by atoms with van der Waals surface area (Å²) >= 11 is 0. The highest BCUT2D eigenvalue weighted by Crippen LogP contribution is 2.40. The molecule has 1 saturated heterocycles. The van der Waals surface area contributed by atoms with Gasteiger partial charge in [0.15, 0.2) is 0 Å². The van der Waals surface area contributed by atoms with Crippen LogP contribution in [0.1, 0.15) is 17.3 Å². The molecule has 1 aromatic carbocycles. The highest BCUT2D eigenvalue weighted by Gasteiger charge is 2.50. The molecule has 0 unspecified atom stereocenters. The summed E-state index contributed by atoms with van der Waals surface area (Å²) in [6, 6.07) is 10.6. The Balaban J connectivity index is 1.57. The predicted molar refractivity (Wildman–Crippen MR) is 92.7 cm³/mol. The fourth-order valence-electron chi connectivity index (χ4n) is 4.11. The molecule has 0 aliphatic carbocycles. The maximum atomic E-state index is 13.0. The van der Waals surface area contributed by atoms with Crippen molar-refractivity contribution in [2.24, 2.45) is 11.8 Å². The smallest absolute Gasteiger partial charge is 0.250 e. The van der Waals surface area contributed by atoms with Crippen molar-refractivity contribution in [2.75, 3.05) is 6.61 Å². The zero-order valence-corrected chi connectivity index (χ0v) is 14.1. The number of aromatic nitrogens is 1. The van der Waals surface area contributed by atoms with E-state index in [1.165, 1.54) is 18.2 Å². The van der Waals surface area contributed by atoms with Crippen molar-refractivity contribution in [3.05, 3.63) is 69.9 Å². The van der Waals surface area contributed by atoms with Crippen LogP contribution < -0.4 is 16.2 Å². The maximum Gasteiger partial charge on any atom is 0.250 e. The van der Waals surface area contributed by atoms with Crippen LogP contribution in [0.15, 0.2) is 47.3 Å². The lowest BCUT2D eigenvalue weighted by molar-refractivity contribution is -0.127. The summed E-state index contributed by atoms with van der Waals surface area (Å²) in [5.74, 6) is -1.25. The van der Waals surface area contributed by atoms with E-state index in [1.807, 2.05) is 6.07 Å². The summed E-state index contributed by atoms with van der Waals surface area (Å²) < 4.78 is 14.7. The van der Waals surface area contributed by atoms with Gasteiger partial charge in [-0.05, 0) is 23.8 Å². The minimum Gasteiger partial charge on any atom is -0.396 e. The number of amides is 1. The molecule has 2 bridgehead atoms. The molecule has 2 aliphatic rings. The third-order valence-electron chi connectivity index (χ3n) is 5.41. The minimum atomic E-state index is -0.471. The molecule has 2 aromatic rings. The van der Waals surface area contributed by atoms with E-state index < -0.39 is 5.92 Å². The van der Waals surface area contributed by atoms with E-state index in [1.54, 1.807) is 22.8 Å². The Morgan fingerprint density at radius 3 is 2.77 bits per heavy atom. The summed E-state index contributed by atoms with van der Waals surface area (Å²) in [6.07, 6.45) is 0. The molecule has 2 aliphatic heterocycles. The zero-order valence-electron chi connectivity index (χ0n) is 14.1. The van der Waals surface area contributed by atoms with Crippen molar-refractivity contribution < 1.29 is 14.3 Å². The molecule has 0 spiro atoms. The second kappa shape index (κ2) is 6.66. The van der Waals surface area contributed by atoms with Crippen molar-refractivity contribution in [1.82, 2.24) is 15.2 Å². The van der Waals surface area contributed by atoms with Gasteiger partial charge < -0.3 is 20.3 Å². The number of aliphatic hydroxyl groups is 1. The average Bonchev–Trinajstić information content (AvgIpc) is 2.95. The van der Waals surface area contributed by atoms with Gasteiger partial charge in [0.05, 0.1) is 12.0 Å². The van der Waals surface area contributed by atoms with Gasteiger partial charge in [-0.15, -0.1) is 0 Å². The molecule has 4 rings (SSSR count). The minimum absolute atomic E-state index is 0.0944. The lowest BCUT2D eigenvalue weighted by Gasteiger charge is -2.27. The largest absolute Gasteiger partial charge is 0.396 e. The summed E-state index contributed by atoms with van der Waals surface area (Å²) in [7, 11) is 0. The Bertz CT molecular complexity index is 880. The number of aliphatic hydroxyl groups excluding tert-OH is 1. The van der Waals surface area contributed by atoms with Crippen LogP contribution in [0.4, 0.5) is 4.39 Å². The Morgan fingerprint density at radius 2 is 2.04 bits per heavy atom. The van der Waals surface area contributed by atoms with Crippen molar-refractivity contribution >= 4 is 5.91 Å². The lowest BCUT2D eigenvalue weighted by atomic mass is 9.86. The molecule has 3 N–H and O–H groups in total. The van der Waals surface area contributed by atoms with E-state index in [2.05, 4.69) is 10.6 Å². The van der Waals surface area contributed by atoms with E-state index in [0.717, 1.165) is 11.3 Å². The Morgan fingerprint density at radius 1 is 1.27 bits per heavy atom. The average molecular weight is 357 g/mol. The summed E-state index contributed by atoms with van der Waals surface area (Å²) in [5.41, 5.74) is 1.47. The van der Waals surface area contributed by atoms with Crippen LogP contribution in [-0.2, 0) is 17.9 Å². The van der Waals surface area contributed by atoms with Crippen LogP contribution in [0.25, 0.3) is 0 Å². The topological polar surface area (TPSA) is 83.4 Å². The van der Waals surface area contributed by atoms with Crippen LogP contribution in [0.2, 0.25) is 0 Å². The molecule has 4 atom stereocenters. The zero-order chi connectivity index (χ0) is 18.3. The van der Waals surface area contributed by atoms with E-state index >= 15 is 0 Å². The van der Waals surface area contributed by atoms with Crippen LogP contribution in [0.3, 0.4) is 0 Å². The fraction of sp³-hybridized carbons (Fsp3) is 0.368. The second-order valence-corrected chi connectivity index (χ2v) is 6.87. The molecule has 1 amide bonds. The van der Waals surface area contributed by atoms with Gasteiger partial charge in [-0.3, -0.25) is 9.59 Å². The van der Waals surface area contributed by atoms with Crippen molar-refractivity contribution in [1.29, 1.82) is 0 Å². The summed E-state index contributed by atoms with van der Waals surface area (Å²) in [4.78, 5) is 25.0. The first kappa shape index (κ1) is 16.9. The molecular formula is C19H20FN3O3. The number of carbonyl (C=O) groups excluding carboxylic acids is 1. The summed E-state index contributed by atoms with van der Waals surface area (Å²) in [6.45, 7) is 0.594. The molecule has 1 fully saturated rings. The molecule has 7 heteroatoms. The van der Waals surface area contributed by atoms with E-state index in [-0.39, 0.29) is 48.4 Å². The van der Waals surface area contributed by atoms with Crippen molar-refractivity contribution in [2.45, 2.75) is 25.2 Å². The highest BCUT2D eigenvalue weighted by atomic mass is 19.1. The predicted octanol–water partition coefficient (Wildman–Crippen LogP) is 0.555. The number of pyridine rings is 1. The van der Waals surface area contributed by atoms with Gasteiger partial charge in [0.1, 0.15) is 5.82 Å². The number of nitrogens with one attached hydrogen (secondary N) is 2. The lowest BCUT2D eigenvalue weighted by Crippen LogP contribution is -2.43. The third-order valence-corrected chi connectivity index (χ3v) is 5.41. The van der Waals surface area contributed by atoms with Gasteiger partial charge in [0.2, 0.25) is 5.91 Å². The molecular weight excluding hydrogens is 337 g/mol. The SMILES string of the molecule is O=C(NCc1ccc(F)cc1)[C@@H]1[C@@H](CO)[C@@H]2Cn3c(cccc3=O)[C@H]1N2. The standard InChI is InChI=1S/C19H20FN3O3/c20-12-6-4-11(5-7-12)8-21-19(26)17-13(10-24)14-9-23-15(18(17)22-14)2-1-3-16(23)25/h1-7,13-14,17-18,22,24H,8-10H2,(H,21,26)/t13-,14-,17+,18+/m0/s1. The van der Waals surface area contributed by atoms with Crippen LogP contribution in [-0.4, -0.2) is 28.2 Å². The number of benzene rings is 1. The van der Waals surface area contributed by atoms with E-state index in [0.29, 0.717) is 6.54 Å². The monoisotopic (exact) mass is 357 g/mol. The number of hydrogen-bond acceptors (Lipinski definition) is 4. The molecule has 0 radical (unpaired) electrons. The first-order valence-electron chi connectivity index (χ1n) is 8.67. The van der Waals surface area contributed by atoms with Crippen LogP contribution in [0, 0.1) is 17.7 Å². The fourth-order valence-corrected chi connectivity index (χ4v) is 4.11. The van der Waals surface area contributed by atoms with Crippen molar-refractivity contribution in [3.63, 3.8) is 0 Å². The molecule has 3 heterocycles. The first-order chi connectivity index (χ1) is 12.6. The molecule has 1 aromatic heterocycles. The number of nitrogens with zero attached hydrogens (tertiary/aromatic N) is 1. The van der Waals surface area contributed by atoms with Gasteiger partial charge in [-0.2, -0.15) is 0 Å². The van der Waals surface area contributed by atoms with Gasteiger partial charge in [0.25, 0.3) is 5.56 Å². The number of fused-ring (bicyclic) bond motifs is 4.